The smallest absolute Gasteiger partial charge is 0.329 e. The number of aromatic nitrogens is 7. The Balaban J connectivity index is 1.50. The summed E-state index contributed by atoms with van der Waals surface area (Å²) in [5.41, 5.74) is 1.93. The first-order valence-electron chi connectivity index (χ1n) is 11.7. The number of hydrogen-bond donors (Lipinski definition) is 1. The van der Waals surface area contributed by atoms with Crippen molar-refractivity contribution in [1.82, 2.24) is 39.2 Å². The summed E-state index contributed by atoms with van der Waals surface area (Å²) < 4.78 is 3.28. The first-order valence-corrected chi connectivity index (χ1v) is 11.7. The Bertz CT molecular complexity index is 1710. The van der Waals surface area contributed by atoms with Crippen LogP contribution in [0.25, 0.3) is 39.0 Å². The number of piperidine rings is 1. The van der Waals surface area contributed by atoms with Gasteiger partial charge in [-0.3, -0.25) is 24.1 Å². The van der Waals surface area contributed by atoms with E-state index in [0.29, 0.717) is 59.4 Å². The molecule has 0 bridgehead atoms. The first-order chi connectivity index (χ1) is 17.5. The van der Waals surface area contributed by atoms with Gasteiger partial charge in [0.2, 0.25) is 5.91 Å². The number of carbonyl (C=O) groups excluding carboxylic acids is 1. The summed E-state index contributed by atoms with van der Waals surface area (Å²) in [4.78, 5) is 55.5. The molecule has 0 radical (unpaired) electrons. The highest BCUT2D eigenvalue weighted by Gasteiger charge is 2.26. The number of fused-ring (bicyclic) bond motifs is 3. The zero-order valence-electron chi connectivity index (χ0n) is 19.5. The van der Waals surface area contributed by atoms with Crippen molar-refractivity contribution in [3.8, 4) is 17.1 Å². The van der Waals surface area contributed by atoms with Crippen LogP contribution in [-0.4, -0.2) is 58.2 Å². The van der Waals surface area contributed by atoms with Gasteiger partial charge in [0.15, 0.2) is 5.82 Å². The van der Waals surface area contributed by atoms with Gasteiger partial charge in [0.25, 0.3) is 5.56 Å². The van der Waals surface area contributed by atoms with Crippen LogP contribution in [0.3, 0.4) is 0 Å². The van der Waals surface area contributed by atoms with Gasteiger partial charge in [-0.05, 0) is 43.2 Å². The van der Waals surface area contributed by atoms with Gasteiger partial charge in [0, 0.05) is 56.4 Å². The van der Waals surface area contributed by atoms with Crippen molar-refractivity contribution in [2.75, 3.05) is 13.1 Å². The Morgan fingerprint density at radius 1 is 1.06 bits per heavy atom. The number of H-pyrrole nitrogens is 1. The predicted octanol–water partition coefficient (Wildman–Crippen LogP) is 2.06. The van der Waals surface area contributed by atoms with Crippen LogP contribution in [0, 0.1) is 0 Å². The summed E-state index contributed by atoms with van der Waals surface area (Å²) >= 11 is 0. The highest BCUT2D eigenvalue weighted by molar-refractivity contribution is 6.01. The third-order valence-electron chi connectivity index (χ3n) is 6.67. The normalized spacial score (nSPS) is 14.5. The number of carbonyl (C=O) groups is 1. The molecule has 0 atom stereocenters. The van der Waals surface area contributed by atoms with Crippen LogP contribution in [0.5, 0.6) is 0 Å². The van der Waals surface area contributed by atoms with Crippen molar-refractivity contribution in [3.63, 3.8) is 0 Å². The van der Waals surface area contributed by atoms with E-state index in [1.165, 1.54) is 6.20 Å². The van der Waals surface area contributed by atoms with Gasteiger partial charge in [-0.15, -0.1) is 0 Å². The summed E-state index contributed by atoms with van der Waals surface area (Å²) in [6, 6.07) is 9.05. The van der Waals surface area contributed by atoms with Gasteiger partial charge >= 0.3 is 5.69 Å². The Kier molecular flexibility index (Phi) is 5.17. The second-order valence-corrected chi connectivity index (χ2v) is 8.81. The number of likely N-dealkylation sites (tertiary alicyclic amines) is 1. The number of rotatable bonds is 3. The van der Waals surface area contributed by atoms with E-state index in [1.807, 2.05) is 36.5 Å². The zero-order valence-corrected chi connectivity index (χ0v) is 19.5. The highest BCUT2D eigenvalue weighted by atomic mass is 16.2. The average Bonchev–Trinajstić information content (AvgIpc) is 3.44. The Morgan fingerprint density at radius 3 is 2.58 bits per heavy atom. The van der Waals surface area contributed by atoms with Crippen LogP contribution < -0.4 is 11.2 Å². The lowest BCUT2D eigenvalue weighted by Crippen LogP contribution is -2.41. The molecule has 11 heteroatoms. The quantitative estimate of drug-likeness (QED) is 0.389. The number of pyridine rings is 3. The maximum absolute atomic E-state index is 13.1. The number of nitrogens with one attached hydrogen (secondary N) is 1. The van der Waals surface area contributed by atoms with Crippen LogP contribution in [0.1, 0.15) is 25.8 Å². The van der Waals surface area contributed by atoms with Gasteiger partial charge in [0.05, 0.1) is 22.1 Å². The van der Waals surface area contributed by atoms with Gasteiger partial charge in [0.1, 0.15) is 5.52 Å². The van der Waals surface area contributed by atoms with Crippen LogP contribution >= 0.6 is 0 Å². The molecule has 0 saturated carbocycles. The van der Waals surface area contributed by atoms with Crippen molar-refractivity contribution in [3.05, 3.63) is 76.0 Å². The maximum atomic E-state index is 13.1. The minimum Gasteiger partial charge on any atom is -0.343 e. The monoisotopic (exact) mass is 482 g/mol. The molecule has 6 heterocycles. The van der Waals surface area contributed by atoms with Gasteiger partial charge in [-0.1, -0.05) is 0 Å². The van der Waals surface area contributed by atoms with Gasteiger partial charge in [-0.25, -0.2) is 19.4 Å². The third-order valence-corrected chi connectivity index (χ3v) is 6.67. The summed E-state index contributed by atoms with van der Waals surface area (Å²) in [5.74, 6) is 0.689. The molecule has 1 amide bonds. The standard InChI is InChI=1S/C25H22N8O3/c1-15(34)31-11-7-17(8-12-31)33-23-18(24(35)30-25(33)36)14-26-20-5-4-19(29-22(20)23)16-3-6-21(27-13-16)32-10-2-9-28-32/h2-6,9-10,13-14,17H,7-8,11-12H2,1H3,(H,30,35,36). The fraction of sp³-hybridized carbons (Fsp3) is 0.240. The molecule has 1 N–H and O–H groups in total. The molecule has 180 valence electrons. The summed E-state index contributed by atoms with van der Waals surface area (Å²) in [5, 5.41) is 4.49. The van der Waals surface area contributed by atoms with Crippen molar-refractivity contribution in [2.24, 2.45) is 0 Å². The lowest BCUT2D eigenvalue weighted by atomic mass is 10.0. The van der Waals surface area contributed by atoms with Crippen LogP contribution in [0.2, 0.25) is 0 Å². The van der Waals surface area contributed by atoms with Crippen molar-refractivity contribution < 1.29 is 4.79 Å². The highest BCUT2D eigenvalue weighted by Crippen LogP contribution is 2.28. The maximum Gasteiger partial charge on any atom is 0.329 e. The summed E-state index contributed by atoms with van der Waals surface area (Å²) in [7, 11) is 0. The van der Waals surface area contributed by atoms with Crippen LogP contribution in [-0.2, 0) is 4.79 Å². The Morgan fingerprint density at radius 2 is 1.89 bits per heavy atom. The van der Waals surface area contributed by atoms with Gasteiger partial charge in [-0.2, -0.15) is 5.10 Å². The molecule has 5 aromatic heterocycles. The predicted molar refractivity (Wildman–Crippen MR) is 133 cm³/mol. The molecule has 0 aliphatic carbocycles. The average molecular weight is 483 g/mol. The molecule has 36 heavy (non-hydrogen) atoms. The van der Waals surface area contributed by atoms with Crippen molar-refractivity contribution in [2.45, 2.75) is 25.8 Å². The Labute approximate surface area is 204 Å². The zero-order chi connectivity index (χ0) is 24.8. The molecule has 0 spiro atoms. The summed E-state index contributed by atoms with van der Waals surface area (Å²) in [6.07, 6.45) is 7.89. The van der Waals surface area contributed by atoms with E-state index in [0.717, 1.165) is 5.56 Å². The number of nitrogens with zero attached hydrogens (tertiary/aromatic N) is 7. The lowest BCUT2D eigenvalue weighted by molar-refractivity contribution is -0.130. The minimum atomic E-state index is -0.501. The Hall–Kier alpha value is -4.67. The molecular weight excluding hydrogens is 460 g/mol. The van der Waals surface area contributed by atoms with E-state index in [2.05, 4.69) is 20.1 Å². The third kappa shape index (κ3) is 3.65. The van der Waals surface area contributed by atoms with E-state index in [1.54, 1.807) is 33.5 Å². The van der Waals surface area contributed by atoms with Crippen LogP contribution in [0.4, 0.5) is 0 Å². The molecule has 11 nitrogen and oxygen atoms in total. The van der Waals surface area contributed by atoms with Gasteiger partial charge < -0.3 is 4.90 Å². The summed E-state index contributed by atoms with van der Waals surface area (Å²) in [6.45, 7) is 2.63. The molecule has 0 aromatic carbocycles. The molecule has 1 aliphatic heterocycles. The molecule has 1 saturated heterocycles. The first kappa shape index (κ1) is 21.8. The fourth-order valence-electron chi connectivity index (χ4n) is 4.81. The molecule has 5 aromatic rings. The number of amides is 1. The second-order valence-electron chi connectivity index (χ2n) is 8.81. The lowest BCUT2D eigenvalue weighted by Gasteiger charge is -2.32. The molecule has 6 rings (SSSR count). The van der Waals surface area contributed by atoms with E-state index in [9.17, 15) is 14.4 Å². The SMILES string of the molecule is CC(=O)N1CCC(n2c(=O)[nH]c(=O)c3cnc4ccc(-c5ccc(-n6cccn6)nc5)nc4c32)CC1. The minimum absolute atomic E-state index is 0.0141. The second kappa shape index (κ2) is 8.52. The number of hydrogen-bond acceptors (Lipinski definition) is 7. The number of aromatic amines is 1. The largest absolute Gasteiger partial charge is 0.343 e. The van der Waals surface area contributed by atoms with E-state index in [4.69, 9.17) is 4.98 Å². The van der Waals surface area contributed by atoms with Crippen LogP contribution in [0.15, 0.2) is 64.7 Å². The fourth-order valence-corrected chi connectivity index (χ4v) is 4.81. The topological polar surface area (TPSA) is 132 Å². The van der Waals surface area contributed by atoms with E-state index >= 15 is 0 Å². The molecule has 1 aliphatic rings. The molecule has 1 fully saturated rings. The molecular formula is C25H22N8O3. The molecule has 0 unspecified atom stereocenters. The van der Waals surface area contributed by atoms with Crippen molar-refractivity contribution in [1.29, 1.82) is 0 Å². The van der Waals surface area contributed by atoms with E-state index in [-0.39, 0.29) is 11.9 Å². The van der Waals surface area contributed by atoms with E-state index < -0.39 is 11.2 Å². The van der Waals surface area contributed by atoms with Crippen molar-refractivity contribution >= 4 is 27.8 Å².